The normalized spacial score (nSPS) is 18.8. The Balaban J connectivity index is 1.45. The Morgan fingerprint density at radius 3 is 2.64 bits per heavy atom. The van der Waals surface area contributed by atoms with Gasteiger partial charge in [0, 0.05) is 54.4 Å². The lowest BCUT2D eigenvalue weighted by molar-refractivity contribution is 0.0931. The Kier molecular flexibility index (Phi) is 8.91. The fourth-order valence-electron chi connectivity index (χ4n) is 5.32. The molecule has 13 heteroatoms. The molecule has 10 nitrogen and oxygen atoms in total. The van der Waals surface area contributed by atoms with Gasteiger partial charge in [0.1, 0.15) is 17.7 Å². The lowest BCUT2D eigenvalue weighted by Gasteiger charge is -2.39. The van der Waals surface area contributed by atoms with Crippen LogP contribution in [0.25, 0.3) is 21.9 Å². The van der Waals surface area contributed by atoms with Gasteiger partial charge in [-0.25, -0.2) is 19.0 Å². The van der Waals surface area contributed by atoms with Crippen molar-refractivity contribution in [2.75, 3.05) is 36.6 Å². The number of nitrogens with zero attached hydrogens (tertiary/aromatic N) is 3. The fourth-order valence-corrected chi connectivity index (χ4v) is 6.67. The highest BCUT2D eigenvalue weighted by Gasteiger charge is 2.39. The number of amides is 2. The maximum absolute atomic E-state index is 15.8. The second kappa shape index (κ2) is 12.2. The van der Waals surface area contributed by atoms with E-state index in [1.165, 1.54) is 11.1 Å². The number of benzene rings is 1. The molecule has 2 aliphatic heterocycles. The third-order valence-corrected chi connectivity index (χ3v) is 13.7. The van der Waals surface area contributed by atoms with Gasteiger partial charge in [-0.15, -0.1) is 0 Å². The Bertz CT molecular complexity index is 1610. The summed E-state index contributed by atoms with van der Waals surface area (Å²) in [4.78, 5) is 34.9. The van der Waals surface area contributed by atoms with E-state index in [2.05, 4.69) is 49.1 Å². The van der Waals surface area contributed by atoms with Crippen molar-refractivity contribution in [2.45, 2.75) is 64.8 Å². The molecule has 2 aliphatic rings. The molecule has 0 aliphatic carbocycles. The van der Waals surface area contributed by atoms with E-state index >= 15 is 4.39 Å². The third kappa shape index (κ3) is 6.39. The number of ether oxygens (including phenoxy) is 2. The molecule has 2 unspecified atom stereocenters. The number of hydrogen-bond donors (Lipinski definition) is 2. The highest BCUT2D eigenvalue weighted by molar-refractivity contribution is 6.74. The smallest absolute Gasteiger partial charge is 0.413 e. The second-order valence-electron chi connectivity index (χ2n) is 13.0. The number of carbonyl (C=O) groups excluding carboxylic acids is 1. The first-order valence-electron chi connectivity index (χ1n) is 14.6. The van der Waals surface area contributed by atoms with E-state index in [-0.39, 0.29) is 40.0 Å². The molecule has 1 aromatic carbocycles. The van der Waals surface area contributed by atoms with Crippen molar-refractivity contribution in [3.05, 3.63) is 46.6 Å². The molecule has 0 radical (unpaired) electrons. The quantitative estimate of drug-likeness (QED) is 0.266. The molecular formula is C31H38ClFN4O6Si. The van der Waals surface area contributed by atoms with Gasteiger partial charge in [-0.2, -0.15) is 0 Å². The van der Waals surface area contributed by atoms with Gasteiger partial charge in [0.15, 0.2) is 8.32 Å². The molecular weight excluding hydrogens is 607 g/mol. The van der Waals surface area contributed by atoms with Crippen LogP contribution < -0.4 is 10.2 Å². The van der Waals surface area contributed by atoms with E-state index in [1.807, 2.05) is 0 Å². The Hall–Kier alpha value is -3.32. The van der Waals surface area contributed by atoms with Crippen molar-refractivity contribution < 1.29 is 33.0 Å². The van der Waals surface area contributed by atoms with E-state index < -0.39 is 26.3 Å². The number of anilines is 2. The topological polar surface area (TPSA) is 123 Å². The van der Waals surface area contributed by atoms with E-state index in [0.29, 0.717) is 65.9 Å². The zero-order valence-electron chi connectivity index (χ0n) is 25.8. The van der Waals surface area contributed by atoms with Crippen LogP contribution in [-0.4, -0.2) is 68.0 Å². The molecule has 2 N–H and O–H groups in total. The molecule has 1 fully saturated rings. The van der Waals surface area contributed by atoms with E-state index in [9.17, 15) is 14.7 Å². The monoisotopic (exact) mass is 644 g/mol. The van der Waals surface area contributed by atoms with Gasteiger partial charge in [-0.3, -0.25) is 15.2 Å². The van der Waals surface area contributed by atoms with Crippen LogP contribution in [0.5, 0.6) is 0 Å². The van der Waals surface area contributed by atoms with Crippen LogP contribution in [-0.2, 0) is 20.3 Å². The van der Waals surface area contributed by atoms with Crippen molar-refractivity contribution >= 4 is 54.4 Å². The predicted octanol–water partition coefficient (Wildman–Crippen LogP) is 7.41. The van der Waals surface area contributed by atoms with Crippen molar-refractivity contribution in [3.63, 3.8) is 0 Å². The van der Waals surface area contributed by atoms with Crippen LogP contribution in [0.15, 0.2) is 24.5 Å². The minimum absolute atomic E-state index is 0.0298. The first-order valence-corrected chi connectivity index (χ1v) is 17.9. The number of carbonyl (C=O) groups is 2. The average Bonchev–Trinajstić information content (AvgIpc) is 3.46. The molecule has 2 aromatic heterocycles. The highest BCUT2D eigenvalue weighted by atomic mass is 35.5. The Morgan fingerprint density at radius 2 is 1.98 bits per heavy atom. The van der Waals surface area contributed by atoms with Crippen molar-refractivity contribution in [1.82, 2.24) is 9.97 Å². The molecule has 0 bridgehead atoms. The standard InChI is InChI=1S/C31H38ClFN4O6Si/c1-17-22(12-34-24-9-18(14-37(28(17)24)30(39)40)15-42-44(5,6)31(2,3)4)21-10-19-11-25(35-13-23(19)26(32)27(21)33)36-29(38)43-20-7-8-41-16-20/h10-13,18,20H,7-9,14-16H2,1-6H3,(H,39,40)(H,35,36,38). The van der Waals surface area contributed by atoms with Crippen molar-refractivity contribution in [2.24, 2.45) is 5.92 Å². The summed E-state index contributed by atoms with van der Waals surface area (Å²) in [7, 11) is -2.03. The number of nitrogens with one attached hydrogen (secondary N) is 1. The van der Waals surface area contributed by atoms with E-state index in [0.717, 1.165) is 0 Å². The summed E-state index contributed by atoms with van der Waals surface area (Å²) in [6.45, 7) is 14.2. The summed E-state index contributed by atoms with van der Waals surface area (Å²) in [6, 6.07) is 3.17. The van der Waals surface area contributed by atoms with Gasteiger partial charge in [0.25, 0.3) is 0 Å². The number of fused-ring (bicyclic) bond motifs is 2. The van der Waals surface area contributed by atoms with Gasteiger partial charge >= 0.3 is 12.2 Å². The molecule has 44 heavy (non-hydrogen) atoms. The molecule has 2 amide bonds. The maximum atomic E-state index is 15.8. The van der Waals surface area contributed by atoms with Gasteiger partial charge in [-0.05, 0) is 54.6 Å². The number of rotatable bonds is 6. The van der Waals surface area contributed by atoms with Gasteiger partial charge in [-0.1, -0.05) is 32.4 Å². The first kappa shape index (κ1) is 32.1. The van der Waals surface area contributed by atoms with Crippen LogP contribution in [0.3, 0.4) is 0 Å². The number of aromatic nitrogens is 2. The Morgan fingerprint density at radius 1 is 1.23 bits per heavy atom. The summed E-state index contributed by atoms with van der Waals surface area (Å²) in [5, 5.41) is 13.6. The summed E-state index contributed by atoms with van der Waals surface area (Å²) in [5.41, 5.74) is 2.22. The minimum atomic E-state index is -2.03. The third-order valence-electron chi connectivity index (χ3n) is 8.88. The van der Waals surface area contributed by atoms with Gasteiger partial charge in [0.05, 0.1) is 29.6 Å². The number of carboxylic acid groups (broad SMARTS) is 1. The van der Waals surface area contributed by atoms with Crippen LogP contribution in [0, 0.1) is 18.7 Å². The molecule has 0 spiro atoms. The van der Waals surface area contributed by atoms with Crippen LogP contribution >= 0.6 is 11.6 Å². The maximum Gasteiger partial charge on any atom is 0.413 e. The lowest BCUT2D eigenvalue weighted by atomic mass is 9.91. The zero-order chi connectivity index (χ0) is 32.0. The largest absolute Gasteiger partial charge is 0.465 e. The van der Waals surface area contributed by atoms with Crippen molar-refractivity contribution in [3.8, 4) is 11.1 Å². The van der Waals surface area contributed by atoms with Crippen LogP contribution in [0.2, 0.25) is 23.2 Å². The van der Waals surface area contributed by atoms with Crippen LogP contribution in [0.1, 0.15) is 38.4 Å². The van der Waals surface area contributed by atoms with Crippen LogP contribution in [0.4, 0.5) is 25.5 Å². The number of pyridine rings is 2. The van der Waals surface area contributed by atoms with Gasteiger partial charge < -0.3 is 19.0 Å². The summed E-state index contributed by atoms with van der Waals surface area (Å²) in [5.74, 6) is -0.535. The second-order valence-corrected chi connectivity index (χ2v) is 18.2. The molecule has 5 rings (SSSR count). The summed E-state index contributed by atoms with van der Waals surface area (Å²) >= 11 is 6.47. The lowest BCUT2D eigenvalue weighted by Crippen LogP contribution is -2.46. The van der Waals surface area contributed by atoms with Crippen molar-refractivity contribution in [1.29, 1.82) is 0 Å². The molecule has 3 aromatic rings. The Labute approximate surface area is 262 Å². The fraction of sp³-hybridized carbons (Fsp3) is 0.484. The molecule has 4 heterocycles. The predicted molar refractivity (Wildman–Crippen MR) is 170 cm³/mol. The zero-order valence-corrected chi connectivity index (χ0v) is 27.5. The summed E-state index contributed by atoms with van der Waals surface area (Å²) in [6.07, 6.45) is 2.00. The van der Waals surface area contributed by atoms with Gasteiger partial charge in [0.2, 0.25) is 0 Å². The minimum Gasteiger partial charge on any atom is -0.465 e. The summed E-state index contributed by atoms with van der Waals surface area (Å²) < 4.78 is 32.8. The first-order chi connectivity index (χ1) is 20.7. The molecule has 236 valence electrons. The molecule has 2 atom stereocenters. The number of hydrogen-bond acceptors (Lipinski definition) is 7. The van der Waals surface area contributed by atoms with E-state index in [4.69, 9.17) is 25.5 Å². The van der Waals surface area contributed by atoms with E-state index in [1.54, 1.807) is 25.3 Å². The molecule has 1 saturated heterocycles. The highest BCUT2D eigenvalue weighted by Crippen LogP contribution is 2.42. The molecule has 0 saturated carbocycles. The number of halogens is 2. The average molecular weight is 645 g/mol. The SMILES string of the molecule is Cc1c(-c2cc3cc(NC(=O)OC4CCOC4)ncc3c(Cl)c2F)cnc2c1N(C(=O)O)CC(CO[Si](C)(C)C(C)(C)C)C2.